The molecule has 1 aromatic rings. The highest BCUT2D eigenvalue weighted by molar-refractivity contribution is 9.13. The number of benzene rings is 1. The zero-order valence-electron chi connectivity index (χ0n) is 15.7. The minimum atomic E-state index is -0.795. The fourth-order valence-electron chi connectivity index (χ4n) is 3.29. The molecular formula is C18H28Br2F2P2. The molecule has 0 saturated heterocycles. The van der Waals surface area contributed by atoms with E-state index in [2.05, 4.69) is 87.2 Å². The molecule has 0 atom stereocenters. The quantitative estimate of drug-likeness (QED) is 0.281. The van der Waals surface area contributed by atoms with Crippen LogP contribution in [-0.2, 0) is 0 Å². The summed E-state index contributed by atoms with van der Waals surface area (Å²) in [6, 6.07) is 0. The second-order valence-electron chi connectivity index (χ2n) is 7.14. The molecule has 0 spiro atoms. The number of hydrogen-bond acceptors (Lipinski definition) is 0. The average Bonchev–Trinajstić information content (AvgIpc) is 2.43. The number of hydrogen-bond donors (Lipinski definition) is 0. The van der Waals surface area contributed by atoms with E-state index in [0.29, 0.717) is 42.2 Å². The van der Waals surface area contributed by atoms with Crippen molar-refractivity contribution in [2.24, 2.45) is 0 Å². The van der Waals surface area contributed by atoms with E-state index in [1.165, 1.54) is 0 Å². The van der Waals surface area contributed by atoms with E-state index in [-0.39, 0.29) is 0 Å². The molecule has 0 amide bonds. The van der Waals surface area contributed by atoms with Crippen molar-refractivity contribution in [3.05, 3.63) is 20.6 Å². The Hall–Kier alpha value is 0.900. The van der Waals surface area contributed by atoms with E-state index in [9.17, 15) is 0 Å². The maximum Gasteiger partial charge on any atom is 0.168 e. The summed E-state index contributed by atoms with van der Waals surface area (Å²) >= 11 is 7.19. The summed E-state index contributed by atoms with van der Waals surface area (Å²) in [5.74, 6) is -1.30. The van der Waals surface area contributed by atoms with Crippen LogP contribution in [-0.4, -0.2) is 22.6 Å². The Morgan fingerprint density at radius 3 is 0.958 bits per heavy atom. The summed E-state index contributed by atoms with van der Waals surface area (Å²) in [6.07, 6.45) is 0. The van der Waals surface area contributed by atoms with Gasteiger partial charge < -0.3 is 0 Å². The van der Waals surface area contributed by atoms with Gasteiger partial charge >= 0.3 is 0 Å². The normalized spacial score (nSPS) is 12.8. The third-order valence-corrected chi connectivity index (χ3v) is 13.0. The Morgan fingerprint density at radius 2 is 0.792 bits per heavy atom. The number of rotatable bonds is 6. The first-order valence-electron chi connectivity index (χ1n) is 8.35. The van der Waals surface area contributed by atoms with Crippen molar-refractivity contribution in [1.82, 2.24) is 0 Å². The van der Waals surface area contributed by atoms with Crippen molar-refractivity contribution in [2.45, 2.75) is 78.0 Å². The van der Waals surface area contributed by atoms with Gasteiger partial charge in [0.1, 0.15) is 0 Å². The molecule has 0 aliphatic carbocycles. The molecule has 0 saturated carbocycles. The van der Waals surface area contributed by atoms with Gasteiger partial charge in [-0.25, -0.2) is 8.78 Å². The summed E-state index contributed by atoms with van der Waals surface area (Å²) in [5.41, 5.74) is 1.17. The number of halogens is 4. The van der Waals surface area contributed by atoms with Crippen LogP contribution in [0, 0.1) is 11.6 Å². The lowest BCUT2D eigenvalue weighted by molar-refractivity contribution is 0.518. The molecule has 1 rings (SSSR count). The van der Waals surface area contributed by atoms with Crippen LogP contribution in [0.5, 0.6) is 0 Å². The van der Waals surface area contributed by atoms with Gasteiger partial charge in [0.2, 0.25) is 0 Å². The van der Waals surface area contributed by atoms with Crippen molar-refractivity contribution in [3.8, 4) is 0 Å². The van der Waals surface area contributed by atoms with Crippen molar-refractivity contribution in [1.29, 1.82) is 0 Å². The smallest absolute Gasteiger partial charge is 0.168 e. The minimum Gasteiger partial charge on any atom is -0.203 e. The lowest BCUT2D eigenvalue weighted by atomic mass is 10.3. The third-order valence-electron chi connectivity index (χ3n) is 3.96. The standard InChI is InChI=1S/C18H28Br2F2P2/c1-9(2)23(10(3)4)17-13(19)14(20)18(16(22)15(17)21)24(11(5)6)12(7)8/h9-12H,1-8H3. The van der Waals surface area contributed by atoms with E-state index < -0.39 is 27.5 Å². The van der Waals surface area contributed by atoms with Gasteiger partial charge in [-0.2, -0.15) is 0 Å². The van der Waals surface area contributed by atoms with Gasteiger partial charge in [-0.05, 0) is 54.5 Å². The zero-order chi connectivity index (χ0) is 18.9. The molecule has 1 aromatic carbocycles. The van der Waals surface area contributed by atoms with Crippen LogP contribution in [0.15, 0.2) is 8.95 Å². The van der Waals surface area contributed by atoms with Gasteiger partial charge in [-0.15, -0.1) is 0 Å². The molecule has 0 nitrogen and oxygen atoms in total. The first-order chi connectivity index (χ1) is 10.9. The molecule has 0 heterocycles. The molecule has 0 radical (unpaired) electrons. The van der Waals surface area contributed by atoms with Gasteiger partial charge in [-0.1, -0.05) is 71.2 Å². The predicted octanol–water partition coefficient (Wildman–Crippen LogP) is 7.34. The van der Waals surface area contributed by atoms with Crippen LogP contribution in [0.1, 0.15) is 55.4 Å². The van der Waals surface area contributed by atoms with Crippen molar-refractivity contribution < 1.29 is 8.78 Å². The summed E-state index contributed by atoms with van der Waals surface area (Å²) in [6.45, 7) is 16.7. The predicted molar refractivity (Wildman–Crippen MR) is 115 cm³/mol. The first-order valence-corrected chi connectivity index (χ1v) is 12.9. The molecule has 0 unspecified atom stereocenters. The van der Waals surface area contributed by atoms with E-state index in [4.69, 9.17) is 0 Å². The lowest BCUT2D eigenvalue weighted by Gasteiger charge is -2.32. The molecule has 138 valence electrons. The summed E-state index contributed by atoms with van der Waals surface area (Å²) in [4.78, 5) is 0. The first kappa shape index (κ1) is 22.9. The summed E-state index contributed by atoms with van der Waals surface area (Å²) in [7, 11) is -1.59. The van der Waals surface area contributed by atoms with E-state index in [1.54, 1.807) is 0 Å². The Labute approximate surface area is 165 Å². The van der Waals surface area contributed by atoms with Crippen LogP contribution in [0.25, 0.3) is 0 Å². The lowest BCUT2D eigenvalue weighted by Crippen LogP contribution is -2.28. The molecule has 6 heteroatoms. The summed E-state index contributed by atoms with van der Waals surface area (Å²) < 4.78 is 31.7. The molecule has 0 aromatic heterocycles. The van der Waals surface area contributed by atoms with Crippen LogP contribution < -0.4 is 10.6 Å². The Bertz CT molecular complexity index is 491. The fraction of sp³-hybridized carbons (Fsp3) is 0.667. The maximum absolute atomic E-state index is 15.2. The molecule has 0 aliphatic rings. The van der Waals surface area contributed by atoms with E-state index in [0.717, 1.165) is 0 Å². The zero-order valence-corrected chi connectivity index (χ0v) is 20.7. The second-order valence-corrected chi connectivity index (χ2v) is 15.4. The second kappa shape index (κ2) is 9.20. The van der Waals surface area contributed by atoms with Crippen molar-refractivity contribution >= 4 is 58.3 Å². The van der Waals surface area contributed by atoms with Gasteiger partial charge in [0.25, 0.3) is 0 Å². The van der Waals surface area contributed by atoms with Crippen LogP contribution in [0.2, 0.25) is 0 Å². The Morgan fingerprint density at radius 1 is 0.583 bits per heavy atom. The third kappa shape index (κ3) is 4.59. The molecular weight excluding hydrogens is 476 g/mol. The molecule has 24 heavy (non-hydrogen) atoms. The van der Waals surface area contributed by atoms with Gasteiger partial charge in [0, 0.05) is 19.6 Å². The van der Waals surface area contributed by atoms with Crippen LogP contribution >= 0.6 is 47.7 Å². The fourth-order valence-corrected chi connectivity index (χ4v) is 11.3. The van der Waals surface area contributed by atoms with E-state index in [1.807, 2.05) is 0 Å². The molecule has 0 aliphatic heterocycles. The topological polar surface area (TPSA) is 0 Å². The Kier molecular flexibility index (Phi) is 8.80. The van der Waals surface area contributed by atoms with Gasteiger partial charge in [0.15, 0.2) is 11.6 Å². The Balaban J connectivity index is 3.74. The SMILES string of the molecule is CC(C)P(c1c(F)c(F)c(P(C(C)C)C(C)C)c(Br)c1Br)C(C)C. The van der Waals surface area contributed by atoms with Gasteiger partial charge in [0.05, 0.1) is 0 Å². The molecule has 0 N–H and O–H groups in total. The maximum atomic E-state index is 15.2. The van der Waals surface area contributed by atoms with Crippen LogP contribution in [0.4, 0.5) is 8.78 Å². The minimum absolute atomic E-state index is 0.291. The molecule has 0 bridgehead atoms. The summed E-state index contributed by atoms with van der Waals surface area (Å²) in [5, 5.41) is 1.07. The largest absolute Gasteiger partial charge is 0.203 e. The molecule has 0 fully saturated rings. The average molecular weight is 504 g/mol. The highest BCUT2D eigenvalue weighted by Crippen LogP contribution is 2.52. The van der Waals surface area contributed by atoms with E-state index >= 15 is 8.78 Å². The van der Waals surface area contributed by atoms with Crippen molar-refractivity contribution in [2.75, 3.05) is 0 Å². The van der Waals surface area contributed by atoms with Crippen molar-refractivity contribution in [3.63, 3.8) is 0 Å². The van der Waals surface area contributed by atoms with Crippen LogP contribution in [0.3, 0.4) is 0 Å². The monoisotopic (exact) mass is 502 g/mol. The van der Waals surface area contributed by atoms with Gasteiger partial charge in [-0.3, -0.25) is 0 Å². The highest BCUT2D eigenvalue weighted by Gasteiger charge is 2.34. The highest BCUT2D eigenvalue weighted by atomic mass is 79.9.